The molecule has 6 nitrogen and oxygen atoms in total. The Kier molecular flexibility index (Phi) is 4.93. The second kappa shape index (κ2) is 6.33. The number of rotatable bonds is 3. The molecule has 0 aromatic carbocycles. The van der Waals surface area contributed by atoms with Gasteiger partial charge in [0.2, 0.25) is 0 Å². The maximum Gasteiger partial charge on any atom is 0.333 e. The molecular weight excluding hydrogens is 308 g/mol. The van der Waals surface area contributed by atoms with Crippen molar-refractivity contribution >= 4 is 0 Å². The van der Waals surface area contributed by atoms with Crippen LogP contribution in [0.15, 0.2) is 27.9 Å². The summed E-state index contributed by atoms with van der Waals surface area (Å²) in [6, 6.07) is 0. The number of hydrogen-bond donors (Lipinski definition) is 0. The van der Waals surface area contributed by atoms with Crippen LogP contribution in [-0.2, 0) is 15.0 Å². The van der Waals surface area contributed by atoms with Gasteiger partial charge in [0.15, 0.2) is 6.23 Å². The lowest BCUT2D eigenvalue weighted by Crippen LogP contribution is -2.49. The maximum atomic E-state index is 12.8. The summed E-state index contributed by atoms with van der Waals surface area (Å²) < 4.78 is 14.4. The Bertz CT molecular complexity index is 744. The molecule has 134 valence electrons. The van der Waals surface area contributed by atoms with Crippen LogP contribution in [0.2, 0.25) is 0 Å². The molecule has 0 radical (unpaired) electrons. The van der Waals surface area contributed by atoms with Crippen molar-refractivity contribution < 1.29 is 9.47 Å². The van der Waals surface area contributed by atoms with Crippen LogP contribution in [0.25, 0.3) is 0 Å². The number of hydrogen-bond acceptors (Lipinski definition) is 4. The van der Waals surface area contributed by atoms with E-state index in [4.69, 9.17) is 9.47 Å². The lowest BCUT2D eigenvalue weighted by Gasteiger charge is -2.25. The summed E-state index contributed by atoms with van der Waals surface area (Å²) in [4.78, 5) is 25.1. The van der Waals surface area contributed by atoms with E-state index in [2.05, 4.69) is 0 Å². The van der Waals surface area contributed by atoms with E-state index in [-0.39, 0.29) is 23.0 Å². The predicted molar refractivity (Wildman–Crippen MR) is 93.5 cm³/mol. The van der Waals surface area contributed by atoms with Gasteiger partial charge < -0.3 is 9.47 Å². The third-order valence-electron chi connectivity index (χ3n) is 3.72. The molecule has 1 aliphatic rings. The summed E-state index contributed by atoms with van der Waals surface area (Å²) in [5, 5.41) is 0. The molecule has 0 aliphatic carbocycles. The average molecular weight is 336 g/mol. The molecule has 24 heavy (non-hydrogen) atoms. The highest BCUT2D eigenvalue weighted by molar-refractivity contribution is 5.09. The first kappa shape index (κ1) is 18.7. The van der Waals surface area contributed by atoms with Crippen LogP contribution >= 0.6 is 0 Å². The molecule has 0 bridgehead atoms. The third kappa shape index (κ3) is 4.05. The molecule has 1 aromatic heterocycles. The Hall–Kier alpha value is -1.66. The van der Waals surface area contributed by atoms with Crippen LogP contribution < -0.4 is 11.2 Å². The maximum absolute atomic E-state index is 12.8. The molecule has 1 aliphatic heterocycles. The second-order valence-corrected chi connectivity index (χ2v) is 8.19. The molecule has 0 unspecified atom stereocenters. The van der Waals surface area contributed by atoms with Gasteiger partial charge in [0.1, 0.15) is 6.10 Å². The van der Waals surface area contributed by atoms with Crippen LogP contribution in [0.3, 0.4) is 0 Å². The van der Waals surface area contributed by atoms with Gasteiger partial charge in [0, 0.05) is 17.3 Å². The van der Waals surface area contributed by atoms with Gasteiger partial charge in [-0.15, -0.1) is 0 Å². The number of aromatic nitrogens is 2. The van der Waals surface area contributed by atoms with Crippen molar-refractivity contribution in [3.05, 3.63) is 44.8 Å². The van der Waals surface area contributed by atoms with Crippen molar-refractivity contribution in [3.8, 4) is 0 Å². The first-order valence-electron chi connectivity index (χ1n) is 8.23. The molecule has 6 heteroatoms. The van der Waals surface area contributed by atoms with E-state index < -0.39 is 11.8 Å². The third-order valence-corrected chi connectivity index (χ3v) is 3.72. The SMILES string of the molecule is Cc1cn([C@H]2C=C[C@@H](COC(C)(C)C)O2)c(=O)n(C(C)(C)C)c1=O. The van der Waals surface area contributed by atoms with Gasteiger partial charge in [0.25, 0.3) is 5.56 Å². The minimum Gasteiger partial charge on any atom is -0.373 e. The van der Waals surface area contributed by atoms with Crippen LogP contribution in [0.4, 0.5) is 0 Å². The summed E-state index contributed by atoms with van der Waals surface area (Å²) >= 11 is 0. The fourth-order valence-electron chi connectivity index (χ4n) is 2.55. The van der Waals surface area contributed by atoms with Crippen molar-refractivity contribution in [2.45, 2.75) is 71.9 Å². The van der Waals surface area contributed by atoms with Gasteiger partial charge in [-0.05, 0) is 54.5 Å². The molecule has 1 aromatic rings. The fourth-order valence-corrected chi connectivity index (χ4v) is 2.55. The van der Waals surface area contributed by atoms with Crippen molar-refractivity contribution in [2.75, 3.05) is 6.61 Å². The summed E-state index contributed by atoms with van der Waals surface area (Å²) in [6.45, 7) is 13.6. The van der Waals surface area contributed by atoms with E-state index in [1.807, 2.05) is 53.7 Å². The van der Waals surface area contributed by atoms with Gasteiger partial charge in [-0.2, -0.15) is 0 Å². The Labute approximate surface area is 142 Å². The van der Waals surface area contributed by atoms with Crippen molar-refractivity contribution in [2.24, 2.45) is 0 Å². The first-order valence-corrected chi connectivity index (χ1v) is 8.23. The second-order valence-electron chi connectivity index (χ2n) is 8.19. The average Bonchev–Trinajstić information content (AvgIpc) is 2.87. The van der Waals surface area contributed by atoms with Gasteiger partial charge in [0.05, 0.1) is 12.2 Å². The molecule has 0 saturated carbocycles. The summed E-state index contributed by atoms with van der Waals surface area (Å²) in [5.74, 6) is 0. The summed E-state index contributed by atoms with van der Waals surface area (Å²) in [6.07, 6.45) is 4.55. The fraction of sp³-hybridized carbons (Fsp3) is 0.667. The zero-order valence-electron chi connectivity index (χ0n) is 15.6. The number of aryl methyl sites for hydroxylation is 1. The molecular formula is C18H28N2O4. The standard InChI is InChI=1S/C18H28N2O4/c1-12-10-19(16(22)20(15(12)21)17(2,3)4)14-9-8-13(24-14)11-23-18(5,6)7/h8-10,13-14H,11H2,1-7H3/t13-,14+/m0/s1. The van der Waals surface area contributed by atoms with Gasteiger partial charge in [-0.1, -0.05) is 6.08 Å². The normalized spacial score (nSPS) is 21.5. The minimum absolute atomic E-state index is 0.212. The highest BCUT2D eigenvalue weighted by Crippen LogP contribution is 2.22. The quantitative estimate of drug-likeness (QED) is 0.795. The zero-order valence-corrected chi connectivity index (χ0v) is 15.6. The van der Waals surface area contributed by atoms with Crippen LogP contribution in [0.1, 0.15) is 53.3 Å². The van der Waals surface area contributed by atoms with E-state index in [1.54, 1.807) is 13.1 Å². The summed E-state index contributed by atoms with van der Waals surface area (Å²) in [7, 11) is 0. The Morgan fingerprint density at radius 2 is 1.75 bits per heavy atom. The van der Waals surface area contributed by atoms with Gasteiger partial charge >= 0.3 is 5.69 Å². The van der Waals surface area contributed by atoms with Crippen LogP contribution in [-0.4, -0.2) is 27.4 Å². The highest BCUT2D eigenvalue weighted by atomic mass is 16.6. The van der Waals surface area contributed by atoms with E-state index in [1.165, 1.54) is 9.13 Å². The summed E-state index contributed by atoms with van der Waals surface area (Å²) in [5.41, 5.74) is -0.972. The number of nitrogens with zero attached hydrogens (tertiary/aromatic N) is 2. The van der Waals surface area contributed by atoms with Crippen LogP contribution in [0, 0.1) is 6.92 Å². The van der Waals surface area contributed by atoms with E-state index in [9.17, 15) is 9.59 Å². The molecule has 2 atom stereocenters. The largest absolute Gasteiger partial charge is 0.373 e. The molecule has 0 fully saturated rings. The smallest absolute Gasteiger partial charge is 0.333 e. The lowest BCUT2D eigenvalue weighted by atomic mass is 10.1. The molecule has 0 N–H and O–H groups in total. The van der Waals surface area contributed by atoms with E-state index in [0.717, 1.165) is 0 Å². The predicted octanol–water partition coefficient (Wildman–Crippen LogP) is 2.34. The monoisotopic (exact) mass is 336 g/mol. The first-order chi connectivity index (χ1) is 10.9. The molecule has 0 amide bonds. The van der Waals surface area contributed by atoms with Gasteiger partial charge in [-0.3, -0.25) is 13.9 Å². The molecule has 0 saturated heterocycles. The van der Waals surface area contributed by atoms with Crippen molar-refractivity contribution in [1.82, 2.24) is 9.13 Å². The molecule has 0 spiro atoms. The zero-order chi connectivity index (χ0) is 18.3. The lowest BCUT2D eigenvalue weighted by molar-refractivity contribution is -0.0755. The van der Waals surface area contributed by atoms with Crippen LogP contribution in [0.5, 0.6) is 0 Å². The van der Waals surface area contributed by atoms with E-state index >= 15 is 0 Å². The number of ether oxygens (including phenoxy) is 2. The highest BCUT2D eigenvalue weighted by Gasteiger charge is 2.27. The Morgan fingerprint density at radius 1 is 1.12 bits per heavy atom. The van der Waals surface area contributed by atoms with Crippen molar-refractivity contribution in [1.29, 1.82) is 0 Å². The molecule has 2 rings (SSSR count). The Morgan fingerprint density at radius 3 is 2.29 bits per heavy atom. The van der Waals surface area contributed by atoms with Gasteiger partial charge in [-0.25, -0.2) is 4.79 Å². The van der Waals surface area contributed by atoms with Crippen molar-refractivity contribution in [3.63, 3.8) is 0 Å². The van der Waals surface area contributed by atoms with E-state index in [0.29, 0.717) is 12.2 Å². The molecule has 2 heterocycles. The minimum atomic E-state index is -0.598. The Balaban J connectivity index is 2.29. The topological polar surface area (TPSA) is 62.5 Å².